The summed E-state index contributed by atoms with van der Waals surface area (Å²) in [5.41, 5.74) is 17.4. The molecule has 0 fully saturated rings. The number of thiophene rings is 1. The van der Waals surface area contributed by atoms with Gasteiger partial charge in [-0.25, -0.2) is 9.97 Å². The quantitative estimate of drug-likeness (QED) is 0.169. The van der Waals surface area contributed by atoms with E-state index in [1.54, 1.807) is 0 Å². The van der Waals surface area contributed by atoms with Crippen LogP contribution in [-0.4, -0.2) is 9.97 Å². The summed E-state index contributed by atoms with van der Waals surface area (Å²) >= 11 is 1.87. The standard InChI is InChI=1S/C55H38N2S/c1-55(2)47-27-11-9-23-46(47)52-42(24-15-28-48(52)55)38-21-13-20-37(30-38)39-31-40(43-25-14-26-45-44-22-10-12-29-51(44)58-53(43)45)33-41(32-39)50-34-49(35-16-5-3-6-17-35)56-54(57-50)36-18-7-4-8-19-36/h3-34H,1-2H3. The van der Waals surface area contributed by atoms with E-state index in [9.17, 15) is 0 Å². The minimum absolute atomic E-state index is 0.0643. The normalized spacial score (nSPS) is 12.8. The third-order valence-corrected chi connectivity index (χ3v) is 13.1. The van der Waals surface area contributed by atoms with E-state index in [4.69, 9.17) is 9.97 Å². The lowest BCUT2D eigenvalue weighted by Gasteiger charge is -2.21. The van der Waals surface area contributed by atoms with Crippen molar-refractivity contribution in [3.8, 4) is 78.4 Å². The van der Waals surface area contributed by atoms with Crippen LogP contribution in [0.4, 0.5) is 0 Å². The highest BCUT2D eigenvalue weighted by atomic mass is 32.1. The van der Waals surface area contributed by atoms with Gasteiger partial charge >= 0.3 is 0 Å². The summed E-state index contributed by atoms with van der Waals surface area (Å²) < 4.78 is 2.59. The maximum Gasteiger partial charge on any atom is 0.160 e. The summed E-state index contributed by atoms with van der Waals surface area (Å²) in [6.07, 6.45) is 0. The van der Waals surface area contributed by atoms with Crippen LogP contribution in [0.2, 0.25) is 0 Å². The molecule has 1 aliphatic carbocycles. The van der Waals surface area contributed by atoms with E-state index in [0.29, 0.717) is 5.82 Å². The first kappa shape index (κ1) is 34.3. The van der Waals surface area contributed by atoms with Gasteiger partial charge in [0.1, 0.15) is 0 Å². The van der Waals surface area contributed by atoms with Gasteiger partial charge in [-0.2, -0.15) is 0 Å². The smallest absolute Gasteiger partial charge is 0.160 e. The molecule has 58 heavy (non-hydrogen) atoms. The van der Waals surface area contributed by atoms with Crippen molar-refractivity contribution in [1.82, 2.24) is 9.97 Å². The summed E-state index contributed by atoms with van der Waals surface area (Å²) in [5, 5.41) is 2.58. The van der Waals surface area contributed by atoms with Crippen molar-refractivity contribution < 1.29 is 0 Å². The molecule has 8 aromatic carbocycles. The Morgan fingerprint density at radius 3 is 1.78 bits per heavy atom. The second kappa shape index (κ2) is 13.6. The zero-order valence-electron chi connectivity index (χ0n) is 32.3. The second-order valence-corrected chi connectivity index (χ2v) is 16.8. The van der Waals surface area contributed by atoms with E-state index >= 15 is 0 Å². The maximum atomic E-state index is 5.30. The zero-order valence-corrected chi connectivity index (χ0v) is 33.1. The van der Waals surface area contributed by atoms with Gasteiger partial charge in [0.25, 0.3) is 0 Å². The molecule has 2 heterocycles. The van der Waals surface area contributed by atoms with Crippen LogP contribution < -0.4 is 0 Å². The molecule has 1 aliphatic rings. The SMILES string of the molecule is CC1(C)c2ccccc2-c2c(-c3cccc(-c4cc(-c5cc(-c6ccccc6)nc(-c6ccccc6)n5)cc(-c5cccc6c5sc5ccccc56)c4)c3)cccc21. The van der Waals surface area contributed by atoms with Gasteiger partial charge in [-0.1, -0.05) is 172 Å². The first-order valence-electron chi connectivity index (χ1n) is 19.9. The number of hydrogen-bond donors (Lipinski definition) is 0. The van der Waals surface area contributed by atoms with Crippen LogP contribution in [0.25, 0.3) is 98.6 Å². The van der Waals surface area contributed by atoms with Crippen molar-refractivity contribution in [3.05, 3.63) is 205 Å². The molecule has 10 aromatic rings. The van der Waals surface area contributed by atoms with Crippen molar-refractivity contribution in [2.24, 2.45) is 0 Å². The molecule has 2 aromatic heterocycles. The molecule has 0 aliphatic heterocycles. The molecule has 0 N–H and O–H groups in total. The van der Waals surface area contributed by atoms with Gasteiger partial charge in [-0.3, -0.25) is 0 Å². The van der Waals surface area contributed by atoms with Crippen LogP contribution in [0.1, 0.15) is 25.0 Å². The zero-order chi connectivity index (χ0) is 38.8. The highest BCUT2D eigenvalue weighted by Gasteiger charge is 2.36. The van der Waals surface area contributed by atoms with Gasteiger partial charge in [0.05, 0.1) is 11.4 Å². The minimum atomic E-state index is -0.0643. The van der Waals surface area contributed by atoms with Gasteiger partial charge in [0, 0.05) is 42.3 Å². The van der Waals surface area contributed by atoms with Crippen LogP contribution in [-0.2, 0) is 5.41 Å². The summed E-state index contributed by atoms with van der Waals surface area (Å²) in [6.45, 7) is 4.70. The van der Waals surface area contributed by atoms with E-state index in [2.05, 4.69) is 184 Å². The van der Waals surface area contributed by atoms with Crippen LogP contribution in [0.15, 0.2) is 194 Å². The largest absolute Gasteiger partial charge is 0.228 e. The van der Waals surface area contributed by atoms with Gasteiger partial charge in [0.2, 0.25) is 0 Å². The molecule has 0 atom stereocenters. The van der Waals surface area contributed by atoms with Gasteiger partial charge in [-0.05, 0) is 92.0 Å². The molecule has 274 valence electrons. The van der Waals surface area contributed by atoms with Gasteiger partial charge in [-0.15, -0.1) is 11.3 Å². The van der Waals surface area contributed by atoms with Gasteiger partial charge < -0.3 is 0 Å². The monoisotopic (exact) mass is 758 g/mol. The van der Waals surface area contributed by atoms with Crippen molar-refractivity contribution in [1.29, 1.82) is 0 Å². The first-order chi connectivity index (χ1) is 28.5. The fraction of sp³-hybridized carbons (Fsp3) is 0.0545. The van der Waals surface area contributed by atoms with Gasteiger partial charge in [0.15, 0.2) is 5.82 Å². The third kappa shape index (κ3) is 5.69. The molecule has 0 unspecified atom stereocenters. The van der Waals surface area contributed by atoms with E-state index in [-0.39, 0.29) is 5.41 Å². The minimum Gasteiger partial charge on any atom is -0.228 e. The average Bonchev–Trinajstić information content (AvgIpc) is 3.79. The average molecular weight is 759 g/mol. The number of benzene rings is 8. The van der Waals surface area contributed by atoms with Crippen molar-refractivity contribution in [2.45, 2.75) is 19.3 Å². The van der Waals surface area contributed by atoms with Crippen molar-refractivity contribution in [3.63, 3.8) is 0 Å². The van der Waals surface area contributed by atoms with Crippen LogP contribution in [0, 0.1) is 0 Å². The summed E-state index contributed by atoms with van der Waals surface area (Å²) in [4.78, 5) is 10.4. The molecule has 11 rings (SSSR count). The molecule has 0 radical (unpaired) electrons. The number of nitrogens with zero attached hydrogens (tertiary/aromatic N) is 2. The Kier molecular flexibility index (Phi) is 8.06. The number of hydrogen-bond acceptors (Lipinski definition) is 3. The van der Waals surface area contributed by atoms with E-state index < -0.39 is 0 Å². The number of rotatable bonds is 6. The molecule has 0 saturated heterocycles. The predicted octanol–water partition coefficient (Wildman–Crippen LogP) is 15.2. The predicted molar refractivity (Wildman–Crippen MR) is 245 cm³/mol. The topological polar surface area (TPSA) is 25.8 Å². The van der Waals surface area contributed by atoms with Crippen LogP contribution in [0.5, 0.6) is 0 Å². The highest BCUT2D eigenvalue weighted by molar-refractivity contribution is 7.26. The lowest BCUT2D eigenvalue weighted by Crippen LogP contribution is -2.14. The third-order valence-electron chi connectivity index (χ3n) is 11.9. The van der Waals surface area contributed by atoms with E-state index in [1.807, 2.05) is 35.6 Å². The molecule has 0 spiro atoms. The molecular formula is C55H38N2S. The molecule has 3 heteroatoms. The molecule has 2 nitrogen and oxygen atoms in total. The van der Waals surface area contributed by atoms with Crippen LogP contribution in [0.3, 0.4) is 0 Å². The van der Waals surface area contributed by atoms with E-state index in [1.165, 1.54) is 59.1 Å². The second-order valence-electron chi connectivity index (χ2n) is 15.8. The van der Waals surface area contributed by atoms with Crippen molar-refractivity contribution in [2.75, 3.05) is 0 Å². The Morgan fingerprint density at radius 1 is 0.379 bits per heavy atom. The summed E-state index contributed by atoms with van der Waals surface area (Å²) in [7, 11) is 0. The molecule has 0 amide bonds. The Hall–Kier alpha value is -6.94. The fourth-order valence-corrected chi connectivity index (χ4v) is 10.2. The Bertz CT molecular complexity index is 3140. The summed E-state index contributed by atoms with van der Waals surface area (Å²) in [6, 6.07) is 70.2. The number of fused-ring (bicyclic) bond motifs is 6. The van der Waals surface area contributed by atoms with Crippen molar-refractivity contribution >= 4 is 31.5 Å². The van der Waals surface area contributed by atoms with Crippen LogP contribution >= 0.6 is 11.3 Å². The lowest BCUT2D eigenvalue weighted by atomic mass is 9.82. The Balaban J connectivity index is 1.14. The Labute approximate surface area is 342 Å². The van der Waals surface area contributed by atoms with E-state index in [0.717, 1.165) is 44.8 Å². The lowest BCUT2D eigenvalue weighted by molar-refractivity contribution is 0.660. The molecular weight excluding hydrogens is 721 g/mol. The summed E-state index contributed by atoms with van der Waals surface area (Å²) in [5.74, 6) is 0.707. The first-order valence-corrected chi connectivity index (χ1v) is 20.7. The number of aromatic nitrogens is 2. The Morgan fingerprint density at radius 2 is 0.931 bits per heavy atom. The fourth-order valence-electron chi connectivity index (χ4n) is 9.00. The molecule has 0 saturated carbocycles. The highest BCUT2D eigenvalue weighted by Crippen LogP contribution is 2.52. The molecule has 0 bridgehead atoms. The maximum absolute atomic E-state index is 5.30.